The lowest BCUT2D eigenvalue weighted by Crippen LogP contribution is -2.30. The van der Waals surface area contributed by atoms with Gasteiger partial charge in [-0.3, -0.25) is 0 Å². The Hall–Kier alpha value is -1.36. The molecule has 0 spiro atoms. The van der Waals surface area contributed by atoms with Crippen LogP contribution in [0.3, 0.4) is 0 Å². The van der Waals surface area contributed by atoms with Crippen LogP contribution in [0.25, 0.3) is 0 Å². The Labute approximate surface area is 89.2 Å². The highest BCUT2D eigenvalue weighted by Crippen LogP contribution is 2.14. The lowest BCUT2D eigenvalue weighted by molar-refractivity contribution is 0.0820. The summed E-state index contributed by atoms with van der Waals surface area (Å²) in [5, 5.41) is 7.93. The second kappa shape index (κ2) is 4.44. The fourth-order valence-corrected chi connectivity index (χ4v) is 1.71. The molecule has 1 unspecified atom stereocenters. The predicted molar refractivity (Wildman–Crippen MR) is 58.7 cm³/mol. The molecule has 5 nitrogen and oxygen atoms in total. The van der Waals surface area contributed by atoms with Crippen LogP contribution in [0.2, 0.25) is 0 Å². The lowest BCUT2D eigenvalue weighted by atomic mass is 10.3. The quantitative estimate of drug-likeness (QED) is 0.735. The monoisotopic (exact) mass is 208 g/mol. The zero-order valence-corrected chi connectivity index (χ0v) is 8.89. The number of hydrogen-bond donors (Lipinski definition) is 1. The summed E-state index contributed by atoms with van der Waals surface area (Å²) in [6.07, 6.45) is 1.27. The molecule has 15 heavy (non-hydrogen) atoms. The van der Waals surface area contributed by atoms with Crippen molar-refractivity contribution in [3.63, 3.8) is 0 Å². The normalized spacial score (nSPS) is 22.5. The van der Waals surface area contributed by atoms with Crippen LogP contribution in [-0.4, -0.2) is 36.0 Å². The van der Waals surface area contributed by atoms with Gasteiger partial charge < -0.3 is 15.4 Å². The highest BCUT2D eigenvalue weighted by atomic mass is 16.5. The Bertz CT molecular complexity index is 314. The number of anilines is 2. The van der Waals surface area contributed by atoms with Gasteiger partial charge in [0.1, 0.15) is 5.82 Å². The van der Waals surface area contributed by atoms with Crippen molar-refractivity contribution in [2.24, 2.45) is 0 Å². The Kier molecular flexibility index (Phi) is 3.01. The van der Waals surface area contributed by atoms with Crippen LogP contribution >= 0.6 is 0 Å². The molecule has 82 valence electrons. The summed E-state index contributed by atoms with van der Waals surface area (Å²) in [6.45, 7) is 4.71. The summed E-state index contributed by atoms with van der Waals surface area (Å²) < 4.78 is 5.56. The molecule has 1 atom stereocenters. The lowest BCUT2D eigenvalue weighted by Gasteiger charge is -2.22. The van der Waals surface area contributed by atoms with E-state index in [2.05, 4.69) is 22.0 Å². The number of aromatic nitrogens is 2. The average molecular weight is 208 g/mol. The number of ether oxygens (including phenoxy) is 1. The highest BCUT2D eigenvalue weighted by Gasteiger charge is 2.16. The van der Waals surface area contributed by atoms with Crippen LogP contribution < -0.4 is 10.6 Å². The molecular formula is C10H16N4O. The minimum Gasteiger partial charge on any atom is -0.382 e. The van der Waals surface area contributed by atoms with Gasteiger partial charge in [-0.05, 0) is 25.5 Å². The van der Waals surface area contributed by atoms with Gasteiger partial charge in [-0.15, -0.1) is 10.2 Å². The van der Waals surface area contributed by atoms with Gasteiger partial charge in [-0.2, -0.15) is 0 Å². The van der Waals surface area contributed by atoms with E-state index in [1.807, 2.05) is 6.07 Å². The topological polar surface area (TPSA) is 64.3 Å². The summed E-state index contributed by atoms with van der Waals surface area (Å²) in [7, 11) is 0. The molecule has 1 fully saturated rings. The van der Waals surface area contributed by atoms with E-state index in [4.69, 9.17) is 10.5 Å². The fourth-order valence-electron chi connectivity index (χ4n) is 1.71. The molecule has 0 aliphatic carbocycles. The largest absolute Gasteiger partial charge is 0.382 e. The van der Waals surface area contributed by atoms with Crippen molar-refractivity contribution in [1.29, 1.82) is 0 Å². The van der Waals surface area contributed by atoms with Gasteiger partial charge >= 0.3 is 0 Å². The minimum absolute atomic E-state index is 0.242. The SMILES string of the molecule is CC1CN(c2ccc(N)nn2)CCCO1. The molecule has 1 aliphatic heterocycles. The van der Waals surface area contributed by atoms with Crippen LogP contribution in [0.4, 0.5) is 11.6 Å². The van der Waals surface area contributed by atoms with E-state index in [9.17, 15) is 0 Å². The van der Waals surface area contributed by atoms with E-state index in [1.165, 1.54) is 0 Å². The molecule has 0 radical (unpaired) electrons. The summed E-state index contributed by atoms with van der Waals surface area (Å²) in [5.41, 5.74) is 5.50. The molecule has 5 heteroatoms. The average Bonchev–Trinajstić information content (AvgIpc) is 2.44. The zero-order valence-electron chi connectivity index (χ0n) is 8.89. The van der Waals surface area contributed by atoms with Crippen molar-refractivity contribution in [3.8, 4) is 0 Å². The number of rotatable bonds is 1. The van der Waals surface area contributed by atoms with Crippen LogP contribution in [0.1, 0.15) is 13.3 Å². The van der Waals surface area contributed by atoms with Gasteiger partial charge in [0.15, 0.2) is 5.82 Å². The molecule has 2 N–H and O–H groups in total. The first kappa shape index (κ1) is 10.2. The van der Waals surface area contributed by atoms with Crippen LogP contribution in [0.15, 0.2) is 12.1 Å². The van der Waals surface area contributed by atoms with E-state index in [0.717, 1.165) is 31.9 Å². The molecule has 0 saturated carbocycles. The molecule has 1 aromatic heterocycles. The standard InChI is InChI=1S/C10H16N4O/c1-8-7-14(5-2-6-15-8)10-4-3-9(11)12-13-10/h3-4,8H,2,5-7H2,1H3,(H2,11,12). The summed E-state index contributed by atoms with van der Waals surface area (Å²) in [5.74, 6) is 1.33. The third kappa shape index (κ3) is 2.56. The molecule has 0 amide bonds. The molecule has 0 aromatic carbocycles. The zero-order chi connectivity index (χ0) is 10.7. The van der Waals surface area contributed by atoms with Gasteiger partial charge in [0.05, 0.1) is 6.10 Å². The first-order valence-corrected chi connectivity index (χ1v) is 5.21. The third-order valence-corrected chi connectivity index (χ3v) is 2.45. The van der Waals surface area contributed by atoms with E-state index >= 15 is 0 Å². The van der Waals surface area contributed by atoms with Gasteiger partial charge in [-0.25, -0.2) is 0 Å². The third-order valence-electron chi connectivity index (χ3n) is 2.45. The second-order valence-electron chi connectivity index (χ2n) is 3.80. The van der Waals surface area contributed by atoms with Crippen molar-refractivity contribution in [2.75, 3.05) is 30.3 Å². The molecule has 1 aliphatic rings. The van der Waals surface area contributed by atoms with Crippen molar-refractivity contribution in [1.82, 2.24) is 10.2 Å². The maximum absolute atomic E-state index is 5.56. The molecule has 0 bridgehead atoms. The van der Waals surface area contributed by atoms with Crippen molar-refractivity contribution < 1.29 is 4.74 Å². The molecular weight excluding hydrogens is 192 g/mol. The highest BCUT2D eigenvalue weighted by molar-refractivity contribution is 5.41. The first-order chi connectivity index (χ1) is 7.25. The van der Waals surface area contributed by atoms with Gasteiger partial charge in [0.25, 0.3) is 0 Å². The maximum atomic E-state index is 5.56. The first-order valence-electron chi connectivity index (χ1n) is 5.21. The van der Waals surface area contributed by atoms with E-state index < -0.39 is 0 Å². The summed E-state index contributed by atoms with van der Waals surface area (Å²) >= 11 is 0. The van der Waals surface area contributed by atoms with Crippen molar-refractivity contribution in [3.05, 3.63) is 12.1 Å². The molecule has 2 rings (SSSR count). The smallest absolute Gasteiger partial charge is 0.151 e. The van der Waals surface area contributed by atoms with E-state index in [0.29, 0.717) is 5.82 Å². The second-order valence-corrected chi connectivity index (χ2v) is 3.80. The molecule has 1 aromatic rings. The minimum atomic E-state index is 0.242. The van der Waals surface area contributed by atoms with Gasteiger partial charge in [0.2, 0.25) is 0 Å². The Morgan fingerprint density at radius 2 is 2.33 bits per heavy atom. The van der Waals surface area contributed by atoms with Crippen molar-refractivity contribution >= 4 is 11.6 Å². The number of nitrogens with zero attached hydrogens (tertiary/aromatic N) is 3. The summed E-state index contributed by atoms with van der Waals surface area (Å²) in [6, 6.07) is 3.68. The number of hydrogen-bond acceptors (Lipinski definition) is 5. The predicted octanol–water partition coefficient (Wildman–Crippen LogP) is 0.674. The Balaban J connectivity index is 2.11. The van der Waals surface area contributed by atoms with Crippen LogP contribution in [0, 0.1) is 0 Å². The van der Waals surface area contributed by atoms with E-state index in [-0.39, 0.29) is 6.10 Å². The fraction of sp³-hybridized carbons (Fsp3) is 0.600. The molecule has 1 saturated heterocycles. The number of nitrogens with two attached hydrogens (primary N) is 1. The number of nitrogen functional groups attached to an aromatic ring is 1. The van der Waals surface area contributed by atoms with Crippen molar-refractivity contribution in [2.45, 2.75) is 19.4 Å². The summed E-state index contributed by atoms with van der Waals surface area (Å²) in [4.78, 5) is 2.18. The Morgan fingerprint density at radius 1 is 1.47 bits per heavy atom. The maximum Gasteiger partial charge on any atom is 0.151 e. The van der Waals surface area contributed by atoms with Crippen LogP contribution in [0.5, 0.6) is 0 Å². The molecule has 2 heterocycles. The van der Waals surface area contributed by atoms with Gasteiger partial charge in [0, 0.05) is 19.7 Å². The Morgan fingerprint density at radius 3 is 3.07 bits per heavy atom. The van der Waals surface area contributed by atoms with E-state index in [1.54, 1.807) is 6.07 Å². The van der Waals surface area contributed by atoms with Crippen LogP contribution in [-0.2, 0) is 4.74 Å². The van der Waals surface area contributed by atoms with Gasteiger partial charge in [-0.1, -0.05) is 0 Å².